The Morgan fingerprint density at radius 2 is 2.12 bits per heavy atom. The number of aliphatic hydroxyl groups is 1. The number of unbranched alkanes of at least 4 members (excludes halogenated alkanes) is 1. The van der Waals surface area contributed by atoms with E-state index < -0.39 is 0 Å². The van der Waals surface area contributed by atoms with E-state index in [4.69, 9.17) is 10.3 Å². The van der Waals surface area contributed by atoms with E-state index in [1.54, 1.807) is 0 Å². The number of aliphatic hydroxyl groups excluding tert-OH is 1. The lowest BCUT2D eigenvalue weighted by molar-refractivity contribution is -0.142. The first-order chi connectivity index (χ1) is 3.81. The van der Waals surface area contributed by atoms with Crippen LogP contribution in [0.4, 0.5) is 0 Å². The standard InChI is InChI=1S/C5H13NO2/c1-2-3-4-6(8)5-7/h7-8H,2-5H2,1H3. The number of hydrogen-bond donors (Lipinski definition) is 2. The Morgan fingerprint density at radius 1 is 1.50 bits per heavy atom. The summed E-state index contributed by atoms with van der Waals surface area (Å²) >= 11 is 0. The van der Waals surface area contributed by atoms with E-state index in [0.29, 0.717) is 6.54 Å². The van der Waals surface area contributed by atoms with Crippen molar-refractivity contribution in [3.8, 4) is 0 Å². The third kappa shape index (κ3) is 4.05. The Balaban J connectivity index is 2.86. The molecule has 0 atom stereocenters. The molecule has 0 amide bonds. The zero-order valence-corrected chi connectivity index (χ0v) is 5.17. The molecule has 0 aromatic heterocycles. The van der Waals surface area contributed by atoms with Gasteiger partial charge in [0.2, 0.25) is 0 Å². The molecule has 0 aromatic carbocycles. The molecule has 3 nitrogen and oxygen atoms in total. The summed E-state index contributed by atoms with van der Waals surface area (Å²) < 4.78 is 0. The molecule has 0 rings (SSSR count). The van der Waals surface area contributed by atoms with Gasteiger partial charge in [-0.05, 0) is 6.42 Å². The molecular weight excluding hydrogens is 106 g/mol. The van der Waals surface area contributed by atoms with Crippen molar-refractivity contribution in [2.45, 2.75) is 19.8 Å². The van der Waals surface area contributed by atoms with Gasteiger partial charge in [0.1, 0.15) is 6.73 Å². The highest BCUT2D eigenvalue weighted by atomic mass is 16.5. The lowest BCUT2D eigenvalue weighted by Crippen LogP contribution is -2.20. The fraction of sp³-hybridized carbons (Fsp3) is 1.00. The van der Waals surface area contributed by atoms with Gasteiger partial charge in [0, 0.05) is 6.54 Å². The Bertz CT molecular complexity index is 49.7. The smallest absolute Gasteiger partial charge is 0.118 e. The lowest BCUT2D eigenvalue weighted by Gasteiger charge is -2.08. The summed E-state index contributed by atoms with van der Waals surface area (Å²) in [6.45, 7) is 2.33. The molecule has 50 valence electrons. The first kappa shape index (κ1) is 7.88. The zero-order valence-electron chi connectivity index (χ0n) is 5.17. The van der Waals surface area contributed by atoms with Crippen molar-refractivity contribution in [2.75, 3.05) is 13.3 Å². The second-order valence-electron chi connectivity index (χ2n) is 1.73. The van der Waals surface area contributed by atoms with Crippen LogP contribution in [0.5, 0.6) is 0 Å². The summed E-state index contributed by atoms with van der Waals surface area (Å²) in [5, 5.41) is 17.7. The maximum atomic E-state index is 8.57. The van der Waals surface area contributed by atoms with Gasteiger partial charge in [-0.1, -0.05) is 13.3 Å². The predicted octanol–water partition coefficient (Wildman–Crippen LogP) is 0.428. The number of hydroxylamine groups is 2. The summed E-state index contributed by atoms with van der Waals surface area (Å²) in [4.78, 5) is 0. The molecule has 2 N–H and O–H groups in total. The minimum absolute atomic E-state index is 0.264. The number of nitrogens with zero attached hydrogens (tertiary/aromatic N) is 1. The molecule has 0 aliphatic rings. The lowest BCUT2D eigenvalue weighted by atomic mass is 10.3. The highest BCUT2D eigenvalue weighted by Gasteiger charge is 1.92. The van der Waals surface area contributed by atoms with E-state index in [0.717, 1.165) is 17.9 Å². The van der Waals surface area contributed by atoms with Gasteiger partial charge in [-0.2, -0.15) is 5.06 Å². The maximum absolute atomic E-state index is 8.57. The van der Waals surface area contributed by atoms with E-state index in [-0.39, 0.29) is 6.73 Å². The van der Waals surface area contributed by atoms with Gasteiger partial charge >= 0.3 is 0 Å². The molecule has 0 aliphatic carbocycles. The molecule has 0 heterocycles. The fourth-order valence-corrected chi connectivity index (χ4v) is 0.411. The van der Waals surface area contributed by atoms with Crippen LogP contribution in [0.1, 0.15) is 19.8 Å². The third-order valence-electron chi connectivity index (χ3n) is 0.933. The van der Waals surface area contributed by atoms with Crippen LogP contribution in [0.2, 0.25) is 0 Å². The molecular formula is C5H13NO2. The molecule has 0 radical (unpaired) electrons. The Hall–Kier alpha value is -0.120. The quantitative estimate of drug-likeness (QED) is 0.416. The van der Waals surface area contributed by atoms with Crippen molar-refractivity contribution in [1.29, 1.82) is 0 Å². The second kappa shape index (κ2) is 5.03. The van der Waals surface area contributed by atoms with Gasteiger partial charge in [0.25, 0.3) is 0 Å². The van der Waals surface area contributed by atoms with E-state index in [2.05, 4.69) is 0 Å². The molecule has 0 aliphatic heterocycles. The highest BCUT2D eigenvalue weighted by molar-refractivity contribution is 4.36. The van der Waals surface area contributed by atoms with Crippen LogP contribution in [0.15, 0.2) is 0 Å². The predicted molar refractivity (Wildman–Crippen MR) is 30.5 cm³/mol. The molecule has 0 fully saturated rings. The summed E-state index contributed by atoms with van der Waals surface area (Å²) in [5.74, 6) is 0. The van der Waals surface area contributed by atoms with Crippen molar-refractivity contribution in [3.63, 3.8) is 0 Å². The van der Waals surface area contributed by atoms with Gasteiger partial charge < -0.3 is 10.3 Å². The van der Waals surface area contributed by atoms with E-state index in [1.165, 1.54) is 0 Å². The third-order valence-corrected chi connectivity index (χ3v) is 0.933. The van der Waals surface area contributed by atoms with Crippen LogP contribution < -0.4 is 0 Å². The summed E-state index contributed by atoms with van der Waals surface area (Å²) in [6, 6.07) is 0. The molecule has 3 heteroatoms. The van der Waals surface area contributed by atoms with Crippen LogP contribution >= 0.6 is 0 Å². The van der Waals surface area contributed by atoms with Gasteiger partial charge in [-0.25, -0.2) is 0 Å². The minimum atomic E-state index is -0.264. The second-order valence-corrected chi connectivity index (χ2v) is 1.73. The first-order valence-electron chi connectivity index (χ1n) is 2.86. The Morgan fingerprint density at radius 3 is 2.50 bits per heavy atom. The number of hydrogen-bond acceptors (Lipinski definition) is 3. The summed E-state index contributed by atoms with van der Waals surface area (Å²) in [6.07, 6.45) is 1.97. The van der Waals surface area contributed by atoms with Gasteiger partial charge in [0.05, 0.1) is 0 Å². The average Bonchev–Trinajstić information content (AvgIpc) is 1.83. The zero-order chi connectivity index (χ0) is 6.41. The topological polar surface area (TPSA) is 43.7 Å². The minimum Gasteiger partial charge on any atom is -0.379 e. The maximum Gasteiger partial charge on any atom is 0.118 e. The van der Waals surface area contributed by atoms with Crippen molar-refractivity contribution in [2.24, 2.45) is 0 Å². The summed E-state index contributed by atoms with van der Waals surface area (Å²) in [7, 11) is 0. The number of rotatable bonds is 4. The molecule has 0 saturated heterocycles. The molecule has 0 saturated carbocycles. The monoisotopic (exact) mass is 119 g/mol. The van der Waals surface area contributed by atoms with Crippen LogP contribution in [0, 0.1) is 0 Å². The fourth-order valence-electron chi connectivity index (χ4n) is 0.411. The van der Waals surface area contributed by atoms with E-state index in [1.807, 2.05) is 6.92 Å². The molecule has 8 heavy (non-hydrogen) atoms. The first-order valence-corrected chi connectivity index (χ1v) is 2.86. The van der Waals surface area contributed by atoms with Crippen molar-refractivity contribution < 1.29 is 10.3 Å². The van der Waals surface area contributed by atoms with Crippen LogP contribution in [-0.2, 0) is 0 Å². The normalized spacial score (nSPS) is 10.5. The van der Waals surface area contributed by atoms with Gasteiger partial charge in [0.15, 0.2) is 0 Å². The largest absolute Gasteiger partial charge is 0.379 e. The molecule has 0 bridgehead atoms. The summed E-state index contributed by atoms with van der Waals surface area (Å²) in [5.41, 5.74) is 0. The molecule has 0 unspecified atom stereocenters. The van der Waals surface area contributed by atoms with Crippen LogP contribution in [0.3, 0.4) is 0 Å². The van der Waals surface area contributed by atoms with Crippen molar-refractivity contribution in [3.05, 3.63) is 0 Å². The molecule has 0 aromatic rings. The van der Waals surface area contributed by atoms with Crippen molar-refractivity contribution >= 4 is 0 Å². The average molecular weight is 119 g/mol. The van der Waals surface area contributed by atoms with Crippen molar-refractivity contribution in [1.82, 2.24) is 5.06 Å². The molecule has 0 spiro atoms. The van der Waals surface area contributed by atoms with Gasteiger partial charge in [-0.15, -0.1) is 0 Å². The van der Waals surface area contributed by atoms with Gasteiger partial charge in [-0.3, -0.25) is 0 Å². The van der Waals surface area contributed by atoms with Crippen LogP contribution in [0.25, 0.3) is 0 Å². The highest BCUT2D eigenvalue weighted by Crippen LogP contribution is 1.87. The SMILES string of the molecule is CCCCN(O)CO. The van der Waals surface area contributed by atoms with Crippen LogP contribution in [-0.4, -0.2) is 28.7 Å². The van der Waals surface area contributed by atoms with E-state index >= 15 is 0 Å². The van der Waals surface area contributed by atoms with E-state index in [9.17, 15) is 0 Å². The Kier molecular flexibility index (Phi) is 4.95. The Labute approximate surface area is 49.5 Å².